The Hall–Kier alpha value is -0.970. The van der Waals surface area contributed by atoms with Gasteiger partial charge in [0.15, 0.2) is 0 Å². The lowest BCUT2D eigenvalue weighted by molar-refractivity contribution is 0.177. The molecule has 0 aliphatic rings. The molecule has 0 aliphatic carbocycles. The predicted octanol–water partition coefficient (Wildman–Crippen LogP) is 2.44. The zero-order valence-corrected chi connectivity index (χ0v) is 13.6. The smallest absolute Gasteiger partial charge is 0.0547 e. The maximum Gasteiger partial charge on any atom is 0.0547 e. The summed E-state index contributed by atoms with van der Waals surface area (Å²) in [5.74, 6) is 0. The van der Waals surface area contributed by atoms with Gasteiger partial charge in [-0.25, -0.2) is 0 Å². The highest BCUT2D eigenvalue weighted by Crippen LogP contribution is 2.06. The van der Waals surface area contributed by atoms with Gasteiger partial charge >= 0.3 is 0 Å². The van der Waals surface area contributed by atoms with E-state index in [1.807, 2.05) is 0 Å². The molecule has 0 amide bonds. The molecule has 1 rings (SSSR count). The van der Waals surface area contributed by atoms with Gasteiger partial charge in [-0.3, -0.25) is 4.98 Å². The van der Waals surface area contributed by atoms with E-state index in [9.17, 15) is 0 Å². The molecule has 20 heavy (non-hydrogen) atoms. The number of nitrogens with one attached hydrogen (secondary N) is 1. The topological polar surface area (TPSA) is 37.4 Å². The minimum atomic E-state index is 0.120. The van der Waals surface area contributed by atoms with Crippen molar-refractivity contribution in [2.75, 3.05) is 27.3 Å². The summed E-state index contributed by atoms with van der Waals surface area (Å²) in [4.78, 5) is 6.99. The van der Waals surface area contributed by atoms with E-state index in [0.717, 1.165) is 44.0 Å². The van der Waals surface area contributed by atoms with Crippen LogP contribution in [0.25, 0.3) is 0 Å². The van der Waals surface area contributed by atoms with Crippen LogP contribution in [0.3, 0.4) is 0 Å². The lowest BCUT2D eigenvalue weighted by atomic mass is 10.1. The second kappa shape index (κ2) is 8.35. The van der Waals surface area contributed by atoms with Crippen molar-refractivity contribution in [2.45, 2.75) is 45.8 Å². The Labute approximate surface area is 123 Å². The van der Waals surface area contributed by atoms with Gasteiger partial charge in [-0.05, 0) is 46.4 Å². The molecule has 1 aromatic heterocycles. The average molecular weight is 279 g/mol. The molecule has 1 aromatic rings. The molecule has 0 spiro atoms. The summed E-state index contributed by atoms with van der Waals surface area (Å²) in [6.07, 6.45) is 1.05. The number of aromatic nitrogens is 1. The number of methoxy groups -OCH3 is 1. The van der Waals surface area contributed by atoms with Crippen molar-refractivity contribution in [3.05, 3.63) is 29.6 Å². The third kappa shape index (κ3) is 7.58. The van der Waals surface area contributed by atoms with Gasteiger partial charge in [0.1, 0.15) is 0 Å². The SMILES string of the molecule is COCCCN(C)Cc1cccc(CNC(C)(C)C)n1. The van der Waals surface area contributed by atoms with Crippen LogP contribution >= 0.6 is 0 Å². The molecular formula is C16H29N3O. The molecule has 4 nitrogen and oxygen atoms in total. The molecule has 0 saturated heterocycles. The normalized spacial score (nSPS) is 12.1. The first kappa shape index (κ1) is 17.1. The summed E-state index contributed by atoms with van der Waals surface area (Å²) >= 11 is 0. The van der Waals surface area contributed by atoms with Gasteiger partial charge in [-0.2, -0.15) is 0 Å². The Morgan fingerprint density at radius 3 is 2.60 bits per heavy atom. The number of hydrogen-bond donors (Lipinski definition) is 1. The second-order valence-electron chi connectivity index (χ2n) is 6.31. The summed E-state index contributed by atoms with van der Waals surface area (Å²) < 4.78 is 5.07. The number of nitrogens with zero attached hydrogens (tertiary/aromatic N) is 2. The van der Waals surface area contributed by atoms with Crippen LogP contribution in [-0.2, 0) is 17.8 Å². The quantitative estimate of drug-likeness (QED) is 0.742. The molecule has 0 atom stereocenters. The minimum Gasteiger partial charge on any atom is -0.385 e. The molecular weight excluding hydrogens is 250 g/mol. The van der Waals surface area contributed by atoms with Crippen LogP contribution in [0.4, 0.5) is 0 Å². The van der Waals surface area contributed by atoms with E-state index in [-0.39, 0.29) is 5.54 Å². The molecule has 1 heterocycles. The summed E-state index contributed by atoms with van der Waals surface area (Å²) in [6.45, 7) is 10.0. The van der Waals surface area contributed by atoms with Gasteiger partial charge in [0.25, 0.3) is 0 Å². The third-order valence-corrected chi connectivity index (χ3v) is 2.98. The van der Waals surface area contributed by atoms with E-state index in [4.69, 9.17) is 9.72 Å². The summed E-state index contributed by atoms with van der Waals surface area (Å²) in [6, 6.07) is 6.26. The highest BCUT2D eigenvalue weighted by Gasteiger charge is 2.09. The van der Waals surface area contributed by atoms with Crippen molar-refractivity contribution in [3.63, 3.8) is 0 Å². The minimum absolute atomic E-state index is 0.120. The van der Waals surface area contributed by atoms with E-state index in [0.29, 0.717) is 0 Å². The van der Waals surface area contributed by atoms with Gasteiger partial charge in [0.2, 0.25) is 0 Å². The van der Waals surface area contributed by atoms with Crippen LogP contribution in [0.1, 0.15) is 38.6 Å². The molecule has 0 fully saturated rings. The van der Waals surface area contributed by atoms with Crippen molar-refractivity contribution < 1.29 is 4.74 Å². The summed E-state index contributed by atoms with van der Waals surface area (Å²) in [7, 11) is 3.87. The van der Waals surface area contributed by atoms with Crippen molar-refractivity contribution in [2.24, 2.45) is 0 Å². The zero-order valence-electron chi connectivity index (χ0n) is 13.6. The summed E-state index contributed by atoms with van der Waals surface area (Å²) in [5.41, 5.74) is 2.34. The fourth-order valence-electron chi connectivity index (χ4n) is 1.91. The van der Waals surface area contributed by atoms with E-state index >= 15 is 0 Å². The molecule has 0 radical (unpaired) electrons. The number of hydrogen-bond acceptors (Lipinski definition) is 4. The van der Waals surface area contributed by atoms with Crippen molar-refractivity contribution >= 4 is 0 Å². The fraction of sp³-hybridized carbons (Fsp3) is 0.688. The van der Waals surface area contributed by atoms with Gasteiger partial charge in [0, 0.05) is 38.9 Å². The average Bonchev–Trinajstić information content (AvgIpc) is 2.36. The maximum absolute atomic E-state index is 5.07. The molecule has 1 N–H and O–H groups in total. The molecule has 0 aliphatic heterocycles. The maximum atomic E-state index is 5.07. The molecule has 0 unspecified atom stereocenters. The lowest BCUT2D eigenvalue weighted by Gasteiger charge is -2.20. The molecule has 0 aromatic carbocycles. The molecule has 0 saturated carbocycles. The van der Waals surface area contributed by atoms with Gasteiger partial charge < -0.3 is 15.0 Å². The Morgan fingerprint density at radius 1 is 1.25 bits per heavy atom. The Balaban J connectivity index is 2.46. The van der Waals surface area contributed by atoms with Crippen LogP contribution in [0, 0.1) is 0 Å². The fourth-order valence-corrected chi connectivity index (χ4v) is 1.91. The number of ether oxygens (including phenoxy) is 1. The monoisotopic (exact) mass is 279 g/mol. The van der Waals surface area contributed by atoms with E-state index in [2.05, 4.69) is 56.2 Å². The van der Waals surface area contributed by atoms with Crippen LogP contribution in [0.2, 0.25) is 0 Å². The van der Waals surface area contributed by atoms with Gasteiger partial charge in [0.05, 0.1) is 11.4 Å². The standard InChI is InChI=1S/C16H29N3O/c1-16(2,3)17-12-14-8-6-9-15(18-14)13-19(4)10-7-11-20-5/h6,8-9,17H,7,10-13H2,1-5H3. The Morgan fingerprint density at radius 2 is 1.95 bits per heavy atom. The highest BCUT2D eigenvalue weighted by molar-refractivity contribution is 5.11. The number of rotatable bonds is 8. The van der Waals surface area contributed by atoms with Crippen LogP contribution < -0.4 is 5.32 Å². The third-order valence-electron chi connectivity index (χ3n) is 2.98. The summed E-state index contributed by atoms with van der Waals surface area (Å²) in [5, 5.41) is 3.47. The first-order valence-electron chi connectivity index (χ1n) is 7.28. The van der Waals surface area contributed by atoms with Crippen LogP contribution in [0.15, 0.2) is 18.2 Å². The van der Waals surface area contributed by atoms with Crippen molar-refractivity contribution in [3.8, 4) is 0 Å². The molecule has 0 bridgehead atoms. The molecule has 114 valence electrons. The van der Waals surface area contributed by atoms with Gasteiger partial charge in [-0.15, -0.1) is 0 Å². The first-order chi connectivity index (χ1) is 9.40. The van der Waals surface area contributed by atoms with Crippen molar-refractivity contribution in [1.29, 1.82) is 0 Å². The predicted molar refractivity (Wildman–Crippen MR) is 83.7 cm³/mol. The van der Waals surface area contributed by atoms with E-state index in [1.165, 1.54) is 0 Å². The largest absolute Gasteiger partial charge is 0.385 e. The zero-order chi connectivity index (χ0) is 15.0. The molecule has 4 heteroatoms. The van der Waals surface area contributed by atoms with Gasteiger partial charge in [-0.1, -0.05) is 6.07 Å². The second-order valence-corrected chi connectivity index (χ2v) is 6.31. The van der Waals surface area contributed by atoms with E-state index < -0.39 is 0 Å². The van der Waals surface area contributed by atoms with Crippen molar-refractivity contribution in [1.82, 2.24) is 15.2 Å². The number of pyridine rings is 1. The Kier molecular flexibility index (Phi) is 7.13. The first-order valence-corrected chi connectivity index (χ1v) is 7.28. The van der Waals surface area contributed by atoms with Crippen LogP contribution in [0.5, 0.6) is 0 Å². The van der Waals surface area contributed by atoms with E-state index in [1.54, 1.807) is 7.11 Å². The highest BCUT2D eigenvalue weighted by atomic mass is 16.5. The Bertz CT molecular complexity index is 388. The van der Waals surface area contributed by atoms with Crippen LogP contribution in [-0.4, -0.2) is 42.7 Å². The lowest BCUT2D eigenvalue weighted by Crippen LogP contribution is -2.35.